The Bertz CT molecular complexity index is 777. The maximum atomic E-state index is 11.7. The van der Waals surface area contributed by atoms with Gasteiger partial charge in [0.05, 0.1) is 11.0 Å². The molecule has 5 nitrogen and oxygen atoms in total. The fraction of sp³-hybridized carbons (Fsp3) is 0.154. The van der Waals surface area contributed by atoms with Gasteiger partial charge in [0.2, 0.25) is 0 Å². The molecule has 2 aromatic rings. The molecule has 0 N–H and O–H groups in total. The average molecular weight is 238 g/mol. The molecule has 1 aromatic heterocycles. The number of rotatable bonds is 1. The van der Waals surface area contributed by atoms with Crippen LogP contribution in [-0.4, -0.2) is 9.13 Å². The molecule has 0 amide bonds. The van der Waals surface area contributed by atoms with Crippen LogP contribution >= 0.6 is 0 Å². The molecule has 18 heavy (non-hydrogen) atoms. The van der Waals surface area contributed by atoms with Crippen molar-refractivity contribution < 1.29 is 0 Å². The van der Waals surface area contributed by atoms with Gasteiger partial charge in [0.25, 0.3) is 0 Å². The number of imidazole rings is 1. The number of hydrogen-bond donors (Lipinski definition) is 0. The zero-order valence-corrected chi connectivity index (χ0v) is 10.0. The minimum atomic E-state index is -0.105. The minimum absolute atomic E-state index is 0.0373. The highest BCUT2D eigenvalue weighted by Gasteiger charge is 2.07. The van der Waals surface area contributed by atoms with Gasteiger partial charge in [-0.15, -0.1) is 0 Å². The van der Waals surface area contributed by atoms with E-state index in [0.29, 0.717) is 0 Å². The van der Waals surface area contributed by atoms with E-state index < -0.39 is 0 Å². The third-order valence-corrected chi connectivity index (χ3v) is 2.85. The van der Waals surface area contributed by atoms with Crippen molar-refractivity contribution in [1.29, 1.82) is 10.5 Å². The minimum Gasteiger partial charge on any atom is -0.295 e. The maximum absolute atomic E-state index is 11.7. The van der Waals surface area contributed by atoms with Crippen LogP contribution in [0.4, 0.5) is 0 Å². The highest BCUT2D eigenvalue weighted by atomic mass is 16.1. The standard InChI is InChI=1S/C13H10N4O/c1-16-11-4-3-9(5-10(7-14)8-15)6-12(11)17(2)13(16)18/h3-6H,1-2H3. The van der Waals surface area contributed by atoms with Crippen molar-refractivity contribution in [3.05, 3.63) is 39.8 Å². The molecule has 0 saturated carbocycles. The number of hydrogen-bond acceptors (Lipinski definition) is 3. The van der Waals surface area contributed by atoms with Crippen LogP contribution in [0.25, 0.3) is 17.1 Å². The third kappa shape index (κ3) is 1.68. The summed E-state index contributed by atoms with van der Waals surface area (Å²) in [6.45, 7) is 0. The lowest BCUT2D eigenvalue weighted by atomic mass is 10.1. The smallest absolute Gasteiger partial charge is 0.295 e. The van der Waals surface area contributed by atoms with Crippen LogP contribution in [-0.2, 0) is 14.1 Å². The summed E-state index contributed by atoms with van der Waals surface area (Å²) >= 11 is 0. The van der Waals surface area contributed by atoms with Crippen molar-refractivity contribution in [2.24, 2.45) is 14.1 Å². The van der Waals surface area contributed by atoms with Crippen LogP contribution in [0.3, 0.4) is 0 Å². The first-order valence-electron chi connectivity index (χ1n) is 5.26. The zero-order valence-electron chi connectivity index (χ0n) is 10.0. The quantitative estimate of drug-likeness (QED) is 0.703. The van der Waals surface area contributed by atoms with E-state index in [-0.39, 0.29) is 11.3 Å². The van der Waals surface area contributed by atoms with Crippen LogP contribution in [0.5, 0.6) is 0 Å². The molecule has 0 aliphatic carbocycles. The molecule has 0 spiro atoms. The molecule has 2 rings (SSSR count). The summed E-state index contributed by atoms with van der Waals surface area (Å²) in [6.07, 6.45) is 1.50. The van der Waals surface area contributed by atoms with Crippen LogP contribution in [0.2, 0.25) is 0 Å². The summed E-state index contributed by atoms with van der Waals surface area (Å²) in [5.41, 5.74) is 2.24. The fourth-order valence-electron chi connectivity index (χ4n) is 1.87. The lowest BCUT2D eigenvalue weighted by molar-refractivity contribution is 0.795. The second kappa shape index (κ2) is 4.23. The molecule has 0 aliphatic heterocycles. The van der Waals surface area contributed by atoms with Crippen molar-refractivity contribution >= 4 is 17.1 Å². The molecule has 0 unspecified atom stereocenters. The van der Waals surface area contributed by atoms with Gasteiger partial charge in [-0.3, -0.25) is 9.13 Å². The van der Waals surface area contributed by atoms with Crippen molar-refractivity contribution in [3.63, 3.8) is 0 Å². The van der Waals surface area contributed by atoms with Crippen molar-refractivity contribution in [2.75, 3.05) is 0 Å². The van der Waals surface area contributed by atoms with E-state index in [1.165, 1.54) is 10.6 Å². The zero-order chi connectivity index (χ0) is 13.3. The van der Waals surface area contributed by atoms with Gasteiger partial charge in [0, 0.05) is 14.1 Å². The lowest BCUT2D eigenvalue weighted by Crippen LogP contribution is -2.19. The van der Waals surface area contributed by atoms with E-state index in [1.54, 1.807) is 49.0 Å². The molecule has 0 fully saturated rings. The second-order valence-corrected chi connectivity index (χ2v) is 3.93. The lowest BCUT2D eigenvalue weighted by Gasteiger charge is -1.97. The molecule has 0 atom stereocenters. The Kier molecular flexibility index (Phi) is 2.75. The van der Waals surface area contributed by atoms with Gasteiger partial charge in [0.15, 0.2) is 0 Å². The fourth-order valence-corrected chi connectivity index (χ4v) is 1.87. The van der Waals surface area contributed by atoms with Gasteiger partial charge < -0.3 is 0 Å². The first-order valence-corrected chi connectivity index (χ1v) is 5.26. The van der Waals surface area contributed by atoms with Crippen molar-refractivity contribution in [2.45, 2.75) is 0 Å². The Morgan fingerprint density at radius 1 is 1.17 bits per heavy atom. The Labute approximate surface area is 103 Å². The Morgan fingerprint density at radius 2 is 1.78 bits per heavy atom. The van der Waals surface area contributed by atoms with E-state index in [1.807, 2.05) is 0 Å². The number of nitriles is 2. The van der Waals surface area contributed by atoms with Crippen LogP contribution < -0.4 is 5.69 Å². The maximum Gasteiger partial charge on any atom is 0.328 e. The summed E-state index contributed by atoms with van der Waals surface area (Å²) in [5, 5.41) is 17.4. The summed E-state index contributed by atoms with van der Waals surface area (Å²) in [5.74, 6) is 0. The highest BCUT2D eigenvalue weighted by molar-refractivity contribution is 5.80. The number of aromatic nitrogens is 2. The van der Waals surface area contributed by atoms with Crippen molar-refractivity contribution in [3.8, 4) is 12.1 Å². The molecule has 1 heterocycles. The summed E-state index contributed by atoms with van der Waals surface area (Å²) in [6, 6.07) is 8.97. The normalized spacial score (nSPS) is 9.78. The number of nitrogens with zero attached hydrogens (tertiary/aromatic N) is 4. The van der Waals surface area contributed by atoms with E-state index >= 15 is 0 Å². The van der Waals surface area contributed by atoms with E-state index in [2.05, 4.69) is 0 Å². The van der Waals surface area contributed by atoms with Gasteiger partial charge in [0.1, 0.15) is 17.7 Å². The summed E-state index contributed by atoms with van der Waals surface area (Å²) in [4.78, 5) is 11.7. The van der Waals surface area contributed by atoms with E-state index in [9.17, 15) is 4.79 Å². The van der Waals surface area contributed by atoms with E-state index in [0.717, 1.165) is 16.6 Å². The molecule has 0 saturated heterocycles. The molecule has 0 aliphatic rings. The molecular weight excluding hydrogens is 228 g/mol. The molecule has 1 aromatic carbocycles. The number of fused-ring (bicyclic) bond motifs is 1. The predicted molar refractivity (Wildman–Crippen MR) is 67.4 cm³/mol. The number of aryl methyl sites for hydroxylation is 2. The van der Waals surface area contributed by atoms with Crippen LogP contribution in [0.1, 0.15) is 5.56 Å². The SMILES string of the molecule is Cn1c(=O)n(C)c2cc(C=C(C#N)C#N)ccc21. The summed E-state index contributed by atoms with van der Waals surface area (Å²) in [7, 11) is 3.39. The average Bonchev–Trinajstić information content (AvgIpc) is 2.61. The number of allylic oxidation sites excluding steroid dienone is 1. The van der Waals surface area contributed by atoms with Gasteiger partial charge in [-0.2, -0.15) is 10.5 Å². The molecule has 88 valence electrons. The first kappa shape index (κ1) is 11.7. The van der Waals surface area contributed by atoms with Gasteiger partial charge >= 0.3 is 5.69 Å². The molecule has 0 bridgehead atoms. The Balaban J connectivity index is 2.71. The molecular formula is C13H10N4O. The highest BCUT2D eigenvalue weighted by Crippen LogP contribution is 2.16. The largest absolute Gasteiger partial charge is 0.328 e. The van der Waals surface area contributed by atoms with Crippen LogP contribution in [0, 0.1) is 22.7 Å². The Hall–Kier alpha value is -2.79. The van der Waals surface area contributed by atoms with Crippen LogP contribution in [0.15, 0.2) is 28.6 Å². The van der Waals surface area contributed by atoms with Crippen molar-refractivity contribution in [1.82, 2.24) is 9.13 Å². The third-order valence-electron chi connectivity index (χ3n) is 2.85. The molecule has 5 heteroatoms. The predicted octanol–water partition coefficient (Wildman–Crippen LogP) is 1.31. The second-order valence-electron chi connectivity index (χ2n) is 3.93. The first-order chi connectivity index (χ1) is 8.58. The van der Waals surface area contributed by atoms with Gasteiger partial charge in [-0.25, -0.2) is 4.79 Å². The number of benzene rings is 1. The monoisotopic (exact) mass is 238 g/mol. The van der Waals surface area contributed by atoms with Gasteiger partial charge in [-0.05, 0) is 23.8 Å². The van der Waals surface area contributed by atoms with Gasteiger partial charge in [-0.1, -0.05) is 6.07 Å². The topological polar surface area (TPSA) is 74.5 Å². The van der Waals surface area contributed by atoms with E-state index in [4.69, 9.17) is 10.5 Å². The summed E-state index contributed by atoms with van der Waals surface area (Å²) < 4.78 is 3.09. The Morgan fingerprint density at radius 3 is 2.39 bits per heavy atom. The molecule has 0 radical (unpaired) electrons.